The molecule has 1 aromatic carbocycles. The monoisotopic (exact) mass is 435 g/mol. The maximum atomic E-state index is 14.5. The molecule has 172 valence electrons. The van der Waals surface area contributed by atoms with Crippen molar-refractivity contribution < 1.29 is 18.4 Å². The Morgan fingerprint density at radius 1 is 1.10 bits per heavy atom. The van der Waals surface area contributed by atoms with E-state index >= 15 is 0 Å². The highest BCUT2D eigenvalue weighted by Crippen LogP contribution is 2.35. The third kappa shape index (κ3) is 5.62. The van der Waals surface area contributed by atoms with Gasteiger partial charge in [-0.2, -0.15) is 0 Å². The first kappa shape index (κ1) is 23.6. The second-order valence-electron chi connectivity index (χ2n) is 10.4. The smallest absolute Gasteiger partial charge is 0.228 e. The van der Waals surface area contributed by atoms with Crippen molar-refractivity contribution in [1.82, 2.24) is 14.7 Å². The van der Waals surface area contributed by atoms with Gasteiger partial charge in [-0.05, 0) is 37.4 Å². The Morgan fingerprint density at radius 3 is 2.42 bits per heavy atom. The number of hydrogen-bond donors (Lipinski definition) is 0. The molecule has 0 bridgehead atoms. The van der Waals surface area contributed by atoms with Crippen molar-refractivity contribution in [1.29, 1.82) is 0 Å². The van der Waals surface area contributed by atoms with Gasteiger partial charge in [0.05, 0.1) is 5.92 Å². The van der Waals surface area contributed by atoms with Gasteiger partial charge in [0.1, 0.15) is 11.6 Å². The number of likely N-dealkylation sites (N-methyl/N-ethyl adjacent to an activating group) is 1. The molecule has 3 atom stereocenters. The Hall–Kier alpha value is -2.02. The lowest BCUT2D eigenvalue weighted by molar-refractivity contribution is -0.145. The van der Waals surface area contributed by atoms with E-state index in [2.05, 4.69) is 20.8 Å². The Kier molecular flexibility index (Phi) is 7.04. The molecule has 3 rings (SSSR count). The minimum absolute atomic E-state index is 0.00707. The molecule has 0 unspecified atom stereocenters. The summed E-state index contributed by atoms with van der Waals surface area (Å²) in [5.74, 6) is -1.77. The van der Waals surface area contributed by atoms with Crippen LogP contribution in [0.25, 0.3) is 0 Å². The van der Waals surface area contributed by atoms with Gasteiger partial charge in [-0.25, -0.2) is 8.78 Å². The SMILES string of the molecule is C[C@H]1CN(C(=O)CCC(C)(C)C)CCN1C(=O)[C@@H]1CN(C)C[C@H]1c1ccc(F)cc1F. The quantitative estimate of drug-likeness (QED) is 0.727. The number of benzene rings is 1. The molecule has 0 saturated carbocycles. The van der Waals surface area contributed by atoms with Crippen molar-refractivity contribution in [3.05, 3.63) is 35.4 Å². The van der Waals surface area contributed by atoms with Crippen LogP contribution < -0.4 is 0 Å². The van der Waals surface area contributed by atoms with E-state index in [1.54, 1.807) is 0 Å². The van der Waals surface area contributed by atoms with E-state index in [0.29, 0.717) is 44.7 Å². The first-order valence-corrected chi connectivity index (χ1v) is 11.2. The molecule has 1 aromatic rings. The van der Waals surface area contributed by atoms with E-state index in [1.807, 2.05) is 28.7 Å². The van der Waals surface area contributed by atoms with Gasteiger partial charge in [-0.15, -0.1) is 0 Å². The number of likely N-dealkylation sites (tertiary alicyclic amines) is 1. The lowest BCUT2D eigenvalue weighted by atomic mass is 9.87. The fourth-order valence-electron chi connectivity index (χ4n) is 4.73. The molecular weight excluding hydrogens is 400 g/mol. The third-order valence-corrected chi connectivity index (χ3v) is 6.53. The molecule has 2 aliphatic heterocycles. The van der Waals surface area contributed by atoms with E-state index in [-0.39, 0.29) is 35.1 Å². The highest BCUT2D eigenvalue weighted by molar-refractivity contribution is 5.82. The zero-order valence-electron chi connectivity index (χ0n) is 19.3. The zero-order valence-corrected chi connectivity index (χ0v) is 19.3. The fraction of sp³-hybridized carbons (Fsp3) is 0.667. The lowest BCUT2D eigenvalue weighted by Crippen LogP contribution is -2.57. The van der Waals surface area contributed by atoms with Crippen LogP contribution in [0.2, 0.25) is 0 Å². The topological polar surface area (TPSA) is 43.9 Å². The van der Waals surface area contributed by atoms with E-state index < -0.39 is 11.6 Å². The molecular formula is C24H35F2N3O2. The molecule has 2 heterocycles. The van der Waals surface area contributed by atoms with Gasteiger partial charge in [0, 0.05) is 57.2 Å². The summed E-state index contributed by atoms with van der Waals surface area (Å²) in [6.45, 7) is 11.0. The molecule has 0 aliphatic carbocycles. The van der Waals surface area contributed by atoms with Crippen LogP contribution in [0, 0.1) is 23.0 Å². The van der Waals surface area contributed by atoms with Crippen molar-refractivity contribution in [3.8, 4) is 0 Å². The summed E-state index contributed by atoms with van der Waals surface area (Å²) in [4.78, 5) is 31.8. The molecule has 5 nitrogen and oxygen atoms in total. The van der Waals surface area contributed by atoms with Gasteiger partial charge >= 0.3 is 0 Å². The van der Waals surface area contributed by atoms with Crippen LogP contribution in [0.3, 0.4) is 0 Å². The molecule has 0 spiro atoms. The summed E-state index contributed by atoms with van der Waals surface area (Å²) in [5.41, 5.74) is 0.505. The first-order valence-electron chi connectivity index (χ1n) is 11.2. The Labute approximate surface area is 184 Å². The molecule has 2 amide bonds. The van der Waals surface area contributed by atoms with Crippen molar-refractivity contribution >= 4 is 11.8 Å². The average Bonchev–Trinajstić information content (AvgIpc) is 3.06. The summed E-state index contributed by atoms with van der Waals surface area (Å²) in [6.07, 6.45) is 1.35. The molecule has 0 radical (unpaired) electrons. The normalized spacial score (nSPS) is 25.2. The van der Waals surface area contributed by atoms with Crippen LogP contribution in [0.5, 0.6) is 0 Å². The maximum absolute atomic E-state index is 14.5. The van der Waals surface area contributed by atoms with Gasteiger partial charge in [0.15, 0.2) is 0 Å². The summed E-state index contributed by atoms with van der Waals surface area (Å²) in [6, 6.07) is 3.51. The number of piperazine rings is 1. The van der Waals surface area contributed by atoms with Crippen LogP contribution in [0.1, 0.15) is 52.0 Å². The number of carbonyl (C=O) groups is 2. The molecule has 31 heavy (non-hydrogen) atoms. The van der Waals surface area contributed by atoms with Gasteiger partial charge in [-0.3, -0.25) is 9.59 Å². The van der Waals surface area contributed by atoms with Gasteiger partial charge in [0.2, 0.25) is 11.8 Å². The van der Waals surface area contributed by atoms with E-state index in [4.69, 9.17) is 0 Å². The highest BCUT2D eigenvalue weighted by atomic mass is 19.1. The predicted octanol–water partition coefficient (Wildman–Crippen LogP) is 3.50. The molecule has 7 heteroatoms. The van der Waals surface area contributed by atoms with Crippen molar-refractivity contribution in [2.75, 3.05) is 39.8 Å². The largest absolute Gasteiger partial charge is 0.339 e. The second kappa shape index (κ2) is 9.23. The van der Waals surface area contributed by atoms with Gasteiger partial charge in [0.25, 0.3) is 0 Å². The summed E-state index contributed by atoms with van der Waals surface area (Å²) in [5, 5.41) is 0. The predicted molar refractivity (Wildman–Crippen MR) is 117 cm³/mol. The number of hydrogen-bond acceptors (Lipinski definition) is 3. The van der Waals surface area contributed by atoms with Crippen LogP contribution >= 0.6 is 0 Å². The first-order chi connectivity index (χ1) is 14.5. The molecule has 2 fully saturated rings. The summed E-state index contributed by atoms with van der Waals surface area (Å²) >= 11 is 0. The van der Waals surface area contributed by atoms with E-state index in [1.165, 1.54) is 12.1 Å². The second-order valence-corrected chi connectivity index (χ2v) is 10.4. The van der Waals surface area contributed by atoms with Crippen molar-refractivity contribution in [3.63, 3.8) is 0 Å². The number of nitrogens with zero attached hydrogens (tertiary/aromatic N) is 3. The highest BCUT2D eigenvalue weighted by Gasteiger charge is 2.42. The number of halogens is 2. The van der Waals surface area contributed by atoms with Crippen LogP contribution in [-0.4, -0.2) is 72.3 Å². The molecule has 0 N–H and O–H groups in total. The molecule has 2 aliphatic rings. The fourth-order valence-corrected chi connectivity index (χ4v) is 4.73. The van der Waals surface area contributed by atoms with Crippen LogP contribution in [0.15, 0.2) is 18.2 Å². The van der Waals surface area contributed by atoms with Crippen LogP contribution in [0.4, 0.5) is 8.78 Å². The van der Waals surface area contributed by atoms with Gasteiger partial charge in [-0.1, -0.05) is 26.8 Å². The molecule has 2 saturated heterocycles. The Morgan fingerprint density at radius 2 is 1.81 bits per heavy atom. The Bertz CT molecular complexity index is 824. The zero-order chi connectivity index (χ0) is 22.9. The lowest BCUT2D eigenvalue weighted by Gasteiger charge is -2.41. The minimum atomic E-state index is -0.614. The Balaban J connectivity index is 1.67. The van der Waals surface area contributed by atoms with E-state index in [9.17, 15) is 18.4 Å². The maximum Gasteiger partial charge on any atom is 0.228 e. The van der Waals surface area contributed by atoms with Crippen molar-refractivity contribution in [2.24, 2.45) is 11.3 Å². The molecule has 0 aromatic heterocycles. The summed E-state index contributed by atoms with van der Waals surface area (Å²) < 4.78 is 27.8. The minimum Gasteiger partial charge on any atom is -0.339 e. The van der Waals surface area contributed by atoms with E-state index in [0.717, 1.165) is 12.5 Å². The van der Waals surface area contributed by atoms with Crippen LogP contribution in [-0.2, 0) is 9.59 Å². The number of rotatable bonds is 4. The number of amides is 2. The number of carbonyl (C=O) groups excluding carboxylic acids is 2. The summed E-state index contributed by atoms with van der Waals surface area (Å²) in [7, 11) is 1.91. The van der Waals surface area contributed by atoms with Gasteiger partial charge < -0.3 is 14.7 Å². The standard InChI is InChI=1S/C24H35F2N3O2/c1-16-13-28(22(30)8-9-24(2,3)4)10-11-29(16)23(31)20-15-27(5)14-19(20)18-7-6-17(25)12-21(18)26/h6-7,12,16,19-20H,8-11,13-15H2,1-5H3/t16-,19-,20+/m0/s1. The third-order valence-electron chi connectivity index (χ3n) is 6.53. The van der Waals surface area contributed by atoms with Crippen molar-refractivity contribution in [2.45, 2.75) is 52.5 Å². The average molecular weight is 436 g/mol.